The van der Waals surface area contributed by atoms with Gasteiger partial charge in [0.25, 0.3) is 0 Å². The minimum atomic E-state index is -0.896. The van der Waals surface area contributed by atoms with Crippen LogP contribution in [0.2, 0.25) is 0 Å². The highest BCUT2D eigenvalue weighted by molar-refractivity contribution is 9.10. The molecule has 9 heteroatoms. The largest absolute Gasteiger partial charge is 0.333 e. The number of nitrogens with one attached hydrogen (secondary N) is 2. The van der Waals surface area contributed by atoms with Crippen LogP contribution in [0.25, 0.3) is 0 Å². The second-order valence-electron chi connectivity index (χ2n) is 3.40. The first-order valence-electron chi connectivity index (χ1n) is 4.92. The Morgan fingerprint density at radius 1 is 1.11 bits per heavy atom. The third-order valence-electron chi connectivity index (χ3n) is 2.12. The number of halogens is 4. The van der Waals surface area contributed by atoms with E-state index in [0.717, 1.165) is 18.3 Å². The number of hydrogen-bond donors (Lipinski definition) is 3. The molecule has 0 saturated carbocycles. The molecule has 0 atom stereocenters. The molecule has 0 spiro atoms. The highest BCUT2D eigenvalue weighted by Crippen LogP contribution is 2.27. The second kappa shape index (κ2) is 5.41. The first kappa shape index (κ1) is 13.6. The molecule has 1 aromatic carbocycles. The molecule has 19 heavy (non-hydrogen) atoms. The summed E-state index contributed by atoms with van der Waals surface area (Å²) in [4.78, 5) is 7.11. The Labute approximate surface area is 114 Å². The van der Waals surface area contributed by atoms with E-state index >= 15 is 0 Å². The number of anilines is 3. The minimum absolute atomic E-state index is 0.0955. The molecule has 0 saturated heterocycles. The quantitative estimate of drug-likeness (QED) is 0.594. The predicted molar refractivity (Wildman–Crippen MR) is 67.1 cm³/mol. The van der Waals surface area contributed by atoms with Crippen molar-refractivity contribution < 1.29 is 13.2 Å². The summed E-state index contributed by atoms with van der Waals surface area (Å²) in [5.41, 5.74) is 1.57. The Morgan fingerprint density at radius 3 is 2.32 bits per heavy atom. The molecule has 1 heterocycles. The van der Waals surface area contributed by atoms with Crippen LogP contribution in [0, 0.1) is 17.5 Å². The van der Waals surface area contributed by atoms with Crippen molar-refractivity contribution in [3.05, 3.63) is 40.3 Å². The number of hydrazine groups is 1. The van der Waals surface area contributed by atoms with E-state index < -0.39 is 29.0 Å². The van der Waals surface area contributed by atoms with Gasteiger partial charge in [-0.1, -0.05) is 15.9 Å². The van der Waals surface area contributed by atoms with Crippen molar-refractivity contribution >= 4 is 33.4 Å². The van der Waals surface area contributed by atoms with E-state index in [9.17, 15) is 13.2 Å². The average molecular weight is 334 g/mol. The number of benzene rings is 1. The molecular formula is C10H7BrF3N5. The molecule has 0 bridgehead atoms. The van der Waals surface area contributed by atoms with Gasteiger partial charge in [0.05, 0.1) is 6.20 Å². The average Bonchev–Trinajstić information content (AvgIpc) is 2.35. The van der Waals surface area contributed by atoms with E-state index in [1.54, 1.807) is 0 Å². The third kappa shape index (κ3) is 2.93. The van der Waals surface area contributed by atoms with Gasteiger partial charge >= 0.3 is 0 Å². The number of aromatic nitrogens is 2. The van der Waals surface area contributed by atoms with Gasteiger partial charge in [-0.25, -0.2) is 24.0 Å². The Bertz CT molecular complexity index is 599. The van der Waals surface area contributed by atoms with E-state index in [1.807, 2.05) is 0 Å². The zero-order chi connectivity index (χ0) is 14.0. The molecule has 0 aliphatic heterocycles. The molecule has 0 radical (unpaired) electrons. The SMILES string of the molecule is NNc1ncc(F)c(Nc2c(F)cc(Br)cc2F)n1. The first-order chi connectivity index (χ1) is 9.01. The summed E-state index contributed by atoms with van der Waals surface area (Å²) in [6.07, 6.45) is 0.819. The number of nitrogen functional groups attached to an aromatic ring is 1. The lowest BCUT2D eigenvalue weighted by atomic mass is 10.3. The van der Waals surface area contributed by atoms with Gasteiger partial charge in [0.2, 0.25) is 5.95 Å². The number of rotatable bonds is 3. The van der Waals surface area contributed by atoms with E-state index in [-0.39, 0.29) is 10.4 Å². The van der Waals surface area contributed by atoms with Gasteiger partial charge in [0.1, 0.15) is 5.69 Å². The summed E-state index contributed by atoms with van der Waals surface area (Å²) in [5, 5.41) is 2.22. The van der Waals surface area contributed by atoms with Crippen molar-refractivity contribution in [2.45, 2.75) is 0 Å². The fourth-order valence-electron chi connectivity index (χ4n) is 1.30. The summed E-state index contributed by atoms with van der Waals surface area (Å²) in [6, 6.07) is 2.07. The van der Waals surface area contributed by atoms with Crippen LogP contribution >= 0.6 is 15.9 Å². The van der Waals surface area contributed by atoms with E-state index in [4.69, 9.17) is 5.84 Å². The van der Waals surface area contributed by atoms with Crippen LogP contribution in [0.15, 0.2) is 22.8 Å². The zero-order valence-electron chi connectivity index (χ0n) is 9.22. The second-order valence-corrected chi connectivity index (χ2v) is 4.32. The zero-order valence-corrected chi connectivity index (χ0v) is 10.8. The Morgan fingerprint density at radius 2 is 1.74 bits per heavy atom. The van der Waals surface area contributed by atoms with Gasteiger partial charge in [-0.3, -0.25) is 5.43 Å². The van der Waals surface area contributed by atoms with E-state index in [1.165, 1.54) is 0 Å². The molecule has 2 rings (SSSR count). The fourth-order valence-corrected chi connectivity index (χ4v) is 1.71. The van der Waals surface area contributed by atoms with Gasteiger partial charge in [0, 0.05) is 4.47 Å². The van der Waals surface area contributed by atoms with Crippen molar-refractivity contribution in [3.63, 3.8) is 0 Å². The molecule has 1 aromatic heterocycles. The maximum atomic E-state index is 13.6. The minimum Gasteiger partial charge on any atom is -0.333 e. The lowest BCUT2D eigenvalue weighted by Gasteiger charge is -2.10. The Kier molecular flexibility index (Phi) is 3.86. The Balaban J connectivity index is 2.41. The van der Waals surface area contributed by atoms with Crippen LogP contribution in [-0.2, 0) is 0 Å². The smallest absolute Gasteiger partial charge is 0.239 e. The predicted octanol–water partition coefficient (Wildman–Crippen LogP) is 2.69. The van der Waals surface area contributed by atoms with Crippen molar-refractivity contribution in [2.24, 2.45) is 5.84 Å². The highest BCUT2D eigenvalue weighted by atomic mass is 79.9. The summed E-state index contributed by atoms with van der Waals surface area (Å²) in [5.74, 6) is 1.90. The van der Waals surface area contributed by atoms with Gasteiger partial charge < -0.3 is 5.32 Å². The lowest BCUT2D eigenvalue weighted by Crippen LogP contribution is -2.12. The summed E-state index contributed by atoms with van der Waals surface area (Å²) in [6.45, 7) is 0. The molecule has 4 N–H and O–H groups in total. The maximum Gasteiger partial charge on any atom is 0.239 e. The first-order valence-corrected chi connectivity index (χ1v) is 5.71. The highest BCUT2D eigenvalue weighted by Gasteiger charge is 2.14. The van der Waals surface area contributed by atoms with E-state index in [0.29, 0.717) is 0 Å². The Hall–Kier alpha value is -1.87. The standard InChI is InChI=1S/C10H7BrF3N5/c11-4-1-5(12)8(6(13)2-4)17-9-7(14)3-16-10(18-9)19-15/h1-3H,15H2,(H2,16,17,18,19). The van der Waals surface area contributed by atoms with Gasteiger partial charge in [-0.2, -0.15) is 4.98 Å². The molecule has 0 amide bonds. The summed E-state index contributed by atoms with van der Waals surface area (Å²) in [7, 11) is 0. The number of hydrogen-bond acceptors (Lipinski definition) is 5. The lowest BCUT2D eigenvalue weighted by molar-refractivity contribution is 0.586. The van der Waals surface area contributed by atoms with Gasteiger partial charge in [-0.15, -0.1) is 0 Å². The topological polar surface area (TPSA) is 75.9 Å². The summed E-state index contributed by atoms with van der Waals surface area (Å²) >= 11 is 2.94. The van der Waals surface area contributed by atoms with Crippen molar-refractivity contribution in [2.75, 3.05) is 10.7 Å². The monoisotopic (exact) mass is 333 g/mol. The molecule has 2 aromatic rings. The molecule has 0 aliphatic carbocycles. The molecule has 5 nitrogen and oxygen atoms in total. The van der Waals surface area contributed by atoms with Crippen LogP contribution in [-0.4, -0.2) is 9.97 Å². The normalized spacial score (nSPS) is 10.4. The molecular weight excluding hydrogens is 327 g/mol. The number of nitrogens with zero attached hydrogens (tertiary/aromatic N) is 2. The van der Waals surface area contributed by atoms with Crippen molar-refractivity contribution in [1.29, 1.82) is 0 Å². The molecule has 0 aliphatic rings. The van der Waals surface area contributed by atoms with Crippen molar-refractivity contribution in [3.8, 4) is 0 Å². The van der Waals surface area contributed by atoms with E-state index in [2.05, 4.69) is 36.6 Å². The van der Waals surface area contributed by atoms with Crippen LogP contribution in [0.3, 0.4) is 0 Å². The van der Waals surface area contributed by atoms with Crippen LogP contribution in [0.1, 0.15) is 0 Å². The fraction of sp³-hybridized carbons (Fsp3) is 0. The molecule has 0 fully saturated rings. The number of nitrogens with two attached hydrogens (primary N) is 1. The van der Waals surface area contributed by atoms with Crippen LogP contribution in [0.5, 0.6) is 0 Å². The molecule has 0 unspecified atom stereocenters. The van der Waals surface area contributed by atoms with Gasteiger partial charge in [-0.05, 0) is 12.1 Å². The maximum absolute atomic E-state index is 13.6. The van der Waals surface area contributed by atoms with Crippen molar-refractivity contribution in [1.82, 2.24) is 9.97 Å². The van der Waals surface area contributed by atoms with Gasteiger partial charge in [0.15, 0.2) is 23.3 Å². The van der Waals surface area contributed by atoms with Crippen LogP contribution in [0.4, 0.5) is 30.6 Å². The van der Waals surface area contributed by atoms with Crippen LogP contribution < -0.4 is 16.6 Å². The third-order valence-corrected chi connectivity index (χ3v) is 2.58. The molecule has 100 valence electrons. The summed E-state index contributed by atoms with van der Waals surface area (Å²) < 4.78 is 40.8.